The molecule has 126 valence electrons. The van der Waals surface area contributed by atoms with Crippen molar-refractivity contribution in [2.24, 2.45) is 5.92 Å². The number of amides is 1. The summed E-state index contributed by atoms with van der Waals surface area (Å²) in [7, 11) is -3.63. The average molecular weight is 340 g/mol. The molecule has 1 aliphatic heterocycles. The normalized spacial score (nSPS) is 16.9. The fraction of sp³-hybridized carbons (Fsp3) is 0.467. The Hall–Kier alpha value is -1.93. The van der Waals surface area contributed by atoms with E-state index in [9.17, 15) is 18.0 Å². The molecule has 1 amide bonds. The van der Waals surface area contributed by atoms with Gasteiger partial charge in [-0.25, -0.2) is 8.42 Å². The molecule has 7 nitrogen and oxygen atoms in total. The number of carbonyl (C=O) groups is 2. The molecule has 1 saturated heterocycles. The largest absolute Gasteiger partial charge is 0.481 e. The highest BCUT2D eigenvalue weighted by Gasteiger charge is 2.31. The van der Waals surface area contributed by atoms with Crippen molar-refractivity contribution in [3.05, 3.63) is 24.3 Å². The number of benzene rings is 1. The molecule has 8 heteroatoms. The van der Waals surface area contributed by atoms with E-state index in [1.54, 1.807) is 19.1 Å². The lowest BCUT2D eigenvalue weighted by molar-refractivity contribution is -0.142. The Balaban J connectivity index is 2.08. The molecule has 1 heterocycles. The summed E-state index contributed by atoms with van der Waals surface area (Å²) in [5.41, 5.74) is 0.542. The van der Waals surface area contributed by atoms with Gasteiger partial charge in [-0.3, -0.25) is 9.59 Å². The highest BCUT2D eigenvalue weighted by atomic mass is 32.2. The molecule has 1 aliphatic rings. The van der Waals surface area contributed by atoms with Gasteiger partial charge in [-0.1, -0.05) is 6.92 Å². The van der Waals surface area contributed by atoms with Crippen molar-refractivity contribution in [2.75, 3.05) is 18.4 Å². The first kappa shape index (κ1) is 17.4. The third kappa shape index (κ3) is 4.08. The van der Waals surface area contributed by atoms with Crippen LogP contribution >= 0.6 is 0 Å². The minimum atomic E-state index is -3.63. The Morgan fingerprint density at radius 3 is 2.26 bits per heavy atom. The quantitative estimate of drug-likeness (QED) is 0.846. The van der Waals surface area contributed by atoms with E-state index in [0.717, 1.165) is 0 Å². The number of hydrogen-bond donors (Lipinski definition) is 2. The maximum atomic E-state index is 12.5. The number of piperidine rings is 1. The third-order valence-electron chi connectivity index (χ3n) is 3.90. The monoisotopic (exact) mass is 340 g/mol. The number of nitrogens with one attached hydrogen (secondary N) is 1. The second kappa shape index (κ2) is 7.10. The van der Waals surface area contributed by atoms with Crippen LogP contribution in [-0.2, 0) is 19.6 Å². The van der Waals surface area contributed by atoms with E-state index in [2.05, 4.69) is 5.32 Å². The summed E-state index contributed by atoms with van der Waals surface area (Å²) < 4.78 is 26.4. The van der Waals surface area contributed by atoms with Crippen LogP contribution in [0.5, 0.6) is 0 Å². The van der Waals surface area contributed by atoms with Gasteiger partial charge in [0.05, 0.1) is 10.8 Å². The van der Waals surface area contributed by atoms with Crippen LogP contribution in [-0.4, -0.2) is 42.8 Å². The zero-order valence-corrected chi connectivity index (χ0v) is 13.7. The molecule has 0 radical (unpaired) electrons. The highest BCUT2D eigenvalue weighted by Crippen LogP contribution is 2.24. The van der Waals surface area contributed by atoms with Gasteiger partial charge in [-0.2, -0.15) is 4.31 Å². The lowest BCUT2D eigenvalue weighted by Crippen LogP contribution is -2.40. The third-order valence-corrected chi connectivity index (χ3v) is 5.81. The second-order valence-corrected chi connectivity index (χ2v) is 7.38. The molecule has 0 saturated carbocycles. The van der Waals surface area contributed by atoms with E-state index in [0.29, 0.717) is 24.9 Å². The molecule has 0 aliphatic carbocycles. The van der Waals surface area contributed by atoms with Gasteiger partial charge in [0.2, 0.25) is 15.9 Å². The van der Waals surface area contributed by atoms with Gasteiger partial charge in [0.1, 0.15) is 0 Å². The number of rotatable bonds is 5. The molecule has 0 unspecified atom stereocenters. The van der Waals surface area contributed by atoms with Gasteiger partial charge in [0, 0.05) is 25.2 Å². The molecule has 0 atom stereocenters. The van der Waals surface area contributed by atoms with Crippen molar-refractivity contribution in [1.29, 1.82) is 0 Å². The minimum Gasteiger partial charge on any atom is -0.481 e. The SMILES string of the molecule is CCC(=O)Nc1ccc(S(=O)(=O)N2CCC(C(=O)O)CC2)cc1. The molecule has 2 N–H and O–H groups in total. The summed E-state index contributed by atoms with van der Waals surface area (Å²) in [6.07, 6.45) is 0.983. The zero-order chi connectivity index (χ0) is 17.0. The molecular formula is C15H20N2O5S. The topological polar surface area (TPSA) is 104 Å². The van der Waals surface area contributed by atoms with Gasteiger partial charge in [-0.15, -0.1) is 0 Å². The molecule has 1 aromatic carbocycles. The van der Waals surface area contributed by atoms with Crippen LogP contribution in [0.1, 0.15) is 26.2 Å². The van der Waals surface area contributed by atoms with Crippen LogP contribution in [0.4, 0.5) is 5.69 Å². The van der Waals surface area contributed by atoms with Crippen LogP contribution in [0.15, 0.2) is 29.2 Å². The van der Waals surface area contributed by atoms with Crippen molar-refractivity contribution in [3.63, 3.8) is 0 Å². The average Bonchev–Trinajstić information content (AvgIpc) is 2.55. The molecule has 0 aromatic heterocycles. The van der Waals surface area contributed by atoms with E-state index in [-0.39, 0.29) is 23.9 Å². The van der Waals surface area contributed by atoms with E-state index in [1.165, 1.54) is 16.4 Å². The lowest BCUT2D eigenvalue weighted by Gasteiger charge is -2.29. The number of nitrogens with zero attached hydrogens (tertiary/aromatic N) is 1. The highest BCUT2D eigenvalue weighted by molar-refractivity contribution is 7.89. The number of anilines is 1. The fourth-order valence-electron chi connectivity index (χ4n) is 2.45. The summed E-state index contributed by atoms with van der Waals surface area (Å²) in [5, 5.41) is 11.6. The lowest BCUT2D eigenvalue weighted by atomic mass is 9.99. The first-order chi connectivity index (χ1) is 10.8. The predicted octanol–water partition coefficient (Wildman–Crippen LogP) is 1.52. The Kier molecular flexibility index (Phi) is 5.38. The summed E-state index contributed by atoms with van der Waals surface area (Å²) in [5.74, 6) is -1.50. The Bertz CT molecular complexity index is 676. The van der Waals surface area contributed by atoms with E-state index < -0.39 is 21.9 Å². The number of hydrogen-bond acceptors (Lipinski definition) is 4. The second-order valence-electron chi connectivity index (χ2n) is 5.44. The van der Waals surface area contributed by atoms with E-state index in [4.69, 9.17) is 5.11 Å². The van der Waals surface area contributed by atoms with Crippen molar-refractivity contribution >= 4 is 27.6 Å². The Labute approximate surface area is 135 Å². The van der Waals surface area contributed by atoms with Crippen molar-refractivity contribution in [1.82, 2.24) is 4.31 Å². The van der Waals surface area contributed by atoms with Crippen LogP contribution < -0.4 is 5.32 Å². The predicted molar refractivity (Wildman–Crippen MR) is 84.5 cm³/mol. The van der Waals surface area contributed by atoms with Crippen LogP contribution in [0.25, 0.3) is 0 Å². The molecule has 2 rings (SSSR count). The van der Waals surface area contributed by atoms with Crippen LogP contribution in [0.3, 0.4) is 0 Å². The molecule has 1 aromatic rings. The van der Waals surface area contributed by atoms with E-state index in [1.807, 2.05) is 0 Å². The Morgan fingerprint density at radius 1 is 1.22 bits per heavy atom. The smallest absolute Gasteiger partial charge is 0.306 e. The summed E-state index contributed by atoms with van der Waals surface area (Å²) in [4.78, 5) is 22.4. The number of sulfonamides is 1. The number of aliphatic carboxylic acids is 1. The maximum Gasteiger partial charge on any atom is 0.306 e. The summed E-state index contributed by atoms with van der Waals surface area (Å²) in [6.45, 7) is 2.14. The van der Waals surface area contributed by atoms with Gasteiger partial charge in [0.25, 0.3) is 0 Å². The number of carbonyl (C=O) groups excluding carboxylic acids is 1. The Morgan fingerprint density at radius 2 is 1.78 bits per heavy atom. The number of carboxylic acids is 1. The van der Waals surface area contributed by atoms with E-state index >= 15 is 0 Å². The maximum absolute atomic E-state index is 12.5. The van der Waals surface area contributed by atoms with Gasteiger partial charge in [0.15, 0.2) is 0 Å². The van der Waals surface area contributed by atoms with Gasteiger partial charge < -0.3 is 10.4 Å². The van der Waals surface area contributed by atoms with Crippen LogP contribution in [0.2, 0.25) is 0 Å². The molecule has 23 heavy (non-hydrogen) atoms. The van der Waals surface area contributed by atoms with Gasteiger partial charge >= 0.3 is 5.97 Å². The molecular weight excluding hydrogens is 320 g/mol. The van der Waals surface area contributed by atoms with Crippen molar-refractivity contribution in [2.45, 2.75) is 31.1 Å². The molecule has 0 bridgehead atoms. The molecule has 1 fully saturated rings. The fourth-order valence-corrected chi connectivity index (χ4v) is 3.92. The standard InChI is InChI=1S/C15H20N2O5S/c1-2-14(18)16-12-3-5-13(6-4-12)23(21,22)17-9-7-11(8-10-17)15(19)20/h3-6,11H,2,7-10H2,1H3,(H,16,18)(H,19,20). The number of carboxylic acid groups (broad SMARTS) is 1. The van der Waals surface area contributed by atoms with Crippen LogP contribution in [0, 0.1) is 5.92 Å². The molecule has 0 spiro atoms. The van der Waals surface area contributed by atoms with Crippen molar-refractivity contribution in [3.8, 4) is 0 Å². The van der Waals surface area contributed by atoms with Gasteiger partial charge in [-0.05, 0) is 37.1 Å². The first-order valence-electron chi connectivity index (χ1n) is 7.47. The first-order valence-corrected chi connectivity index (χ1v) is 8.91. The summed E-state index contributed by atoms with van der Waals surface area (Å²) in [6, 6.07) is 5.99. The summed E-state index contributed by atoms with van der Waals surface area (Å²) >= 11 is 0. The zero-order valence-electron chi connectivity index (χ0n) is 12.9. The van der Waals surface area contributed by atoms with Crippen molar-refractivity contribution < 1.29 is 23.1 Å². The minimum absolute atomic E-state index is 0.140.